The number of hydrogen-bond acceptors (Lipinski definition) is 4. The third-order valence-electron chi connectivity index (χ3n) is 2.57. The molecule has 1 saturated heterocycles. The van der Waals surface area contributed by atoms with Gasteiger partial charge in [0, 0.05) is 6.61 Å². The number of carbonyl (C=O) groups excluding carboxylic acids is 1. The number of imidazole rings is 1. The lowest BCUT2D eigenvalue weighted by Crippen LogP contribution is -2.10. The molecule has 0 spiro atoms. The Hall–Kier alpha value is -1.36. The van der Waals surface area contributed by atoms with E-state index in [1.54, 1.807) is 6.92 Å². The maximum Gasteiger partial charge on any atom is 0.358 e. The molecule has 1 aromatic heterocycles. The number of aromatic nitrogens is 2. The van der Waals surface area contributed by atoms with Gasteiger partial charge in [0.1, 0.15) is 5.82 Å². The van der Waals surface area contributed by atoms with Crippen LogP contribution in [0.4, 0.5) is 0 Å². The van der Waals surface area contributed by atoms with E-state index in [2.05, 4.69) is 9.97 Å². The topological polar surface area (TPSA) is 64.2 Å². The van der Waals surface area contributed by atoms with Crippen LogP contribution in [0.1, 0.15) is 47.9 Å². The van der Waals surface area contributed by atoms with Gasteiger partial charge in [0.15, 0.2) is 5.69 Å². The largest absolute Gasteiger partial charge is 0.461 e. The molecule has 0 radical (unpaired) electrons. The number of aryl methyl sites for hydroxylation is 1. The first-order valence-electron chi connectivity index (χ1n) is 5.57. The summed E-state index contributed by atoms with van der Waals surface area (Å²) in [5, 5.41) is 0. The summed E-state index contributed by atoms with van der Waals surface area (Å²) in [7, 11) is 0. The monoisotopic (exact) mass is 224 g/mol. The minimum absolute atomic E-state index is 0.0411. The molecular weight excluding hydrogens is 208 g/mol. The second-order valence-corrected chi connectivity index (χ2v) is 3.81. The molecule has 1 aromatic rings. The van der Waals surface area contributed by atoms with Gasteiger partial charge < -0.3 is 14.5 Å². The summed E-state index contributed by atoms with van der Waals surface area (Å²) in [6, 6.07) is 0. The Kier molecular flexibility index (Phi) is 3.24. The normalized spacial score (nSPS) is 20.0. The van der Waals surface area contributed by atoms with Crippen LogP contribution in [0.5, 0.6) is 0 Å². The number of carbonyl (C=O) groups is 1. The number of aromatic amines is 1. The van der Waals surface area contributed by atoms with Gasteiger partial charge in [0.05, 0.1) is 18.4 Å². The summed E-state index contributed by atoms with van der Waals surface area (Å²) >= 11 is 0. The highest BCUT2D eigenvalue weighted by molar-refractivity contribution is 5.88. The van der Waals surface area contributed by atoms with E-state index in [0.717, 1.165) is 25.1 Å². The zero-order valence-electron chi connectivity index (χ0n) is 9.58. The molecule has 88 valence electrons. The van der Waals surface area contributed by atoms with Gasteiger partial charge >= 0.3 is 5.97 Å². The van der Waals surface area contributed by atoms with Crippen LogP contribution in [-0.4, -0.2) is 29.2 Å². The molecule has 0 amide bonds. The lowest BCUT2D eigenvalue weighted by atomic mass is 10.1. The standard InChI is InChI=1S/C11H16N2O3/c1-3-15-11(14)10-9(12-7(2)13-10)8-5-4-6-16-8/h8H,3-6H2,1-2H3,(H,12,13). The van der Waals surface area contributed by atoms with Crippen LogP contribution < -0.4 is 0 Å². The van der Waals surface area contributed by atoms with E-state index in [0.29, 0.717) is 18.1 Å². The maximum absolute atomic E-state index is 11.7. The molecule has 2 rings (SSSR count). The molecule has 0 bridgehead atoms. The van der Waals surface area contributed by atoms with E-state index in [4.69, 9.17) is 9.47 Å². The summed E-state index contributed by atoms with van der Waals surface area (Å²) in [6.45, 7) is 4.70. The van der Waals surface area contributed by atoms with Crippen LogP contribution in [0, 0.1) is 6.92 Å². The molecule has 1 unspecified atom stereocenters. The molecule has 5 heteroatoms. The zero-order valence-corrected chi connectivity index (χ0v) is 9.58. The van der Waals surface area contributed by atoms with E-state index < -0.39 is 0 Å². The van der Waals surface area contributed by atoms with Gasteiger partial charge in [-0.05, 0) is 26.7 Å². The van der Waals surface area contributed by atoms with Crippen LogP contribution >= 0.6 is 0 Å². The Labute approximate surface area is 94.2 Å². The van der Waals surface area contributed by atoms with Crippen LogP contribution in [0.3, 0.4) is 0 Å². The lowest BCUT2D eigenvalue weighted by Gasteiger charge is -2.08. The van der Waals surface area contributed by atoms with Gasteiger partial charge in [-0.15, -0.1) is 0 Å². The first kappa shape index (κ1) is 11.1. The highest BCUT2D eigenvalue weighted by atomic mass is 16.5. The van der Waals surface area contributed by atoms with Gasteiger partial charge in [-0.25, -0.2) is 9.78 Å². The molecular formula is C11H16N2O3. The third-order valence-corrected chi connectivity index (χ3v) is 2.57. The summed E-state index contributed by atoms with van der Waals surface area (Å²) in [5.74, 6) is 0.339. The Balaban J connectivity index is 2.25. The van der Waals surface area contributed by atoms with E-state index in [9.17, 15) is 4.79 Å². The number of H-pyrrole nitrogens is 1. The number of ether oxygens (including phenoxy) is 2. The van der Waals surface area contributed by atoms with Crippen molar-refractivity contribution in [3.8, 4) is 0 Å². The third kappa shape index (κ3) is 2.09. The van der Waals surface area contributed by atoms with Crippen molar-refractivity contribution in [1.82, 2.24) is 9.97 Å². The van der Waals surface area contributed by atoms with Gasteiger partial charge in [0.25, 0.3) is 0 Å². The van der Waals surface area contributed by atoms with E-state index in [1.807, 2.05) is 6.92 Å². The lowest BCUT2D eigenvalue weighted by molar-refractivity contribution is 0.0507. The Morgan fingerprint density at radius 1 is 1.69 bits per heavy atom. The van der Waals surface area contributed by atoms with Gasteiger partial charge in [0.2, 0.25) is 0 Å². The number of nitrogens with zero attached hydrogens (tertiary/aromatic N) is 1. The summed E-state index contributed by atoms with van der Waals surface area (Å²) < 4.78 is 10.5. The summed E-state index contributed by atoms with van der Waals surface area (Å²) in [6.07, 6.45) is 1.90. The molecule has 0 aliphatic carbocycles. The average molecular weight is 224 g/mol. The molecule has 5 nitrogen and oxygen atoms in total. The molecule has 0 aromatic carbocycles. The van der Waals surface area contributed by atoms with Crippen LogP contribution in [-0.2, 0) is 9.47 Å². The Morgan fingerprint density at radius 3 is 3.12 bits per heavy atom. The fraction of sp³-hybridized carbons (Fsp3) is 0.636. The minimum atomic E-state index is -0.377. The number of rotatable bonds is 3. The quantitative estimate of drug-likeness (QED) is 0.794. The smallest absolute Gasteiger partial charge is 0.358 e. The van der Waals surface area contributed by atoms with Crippen molar-refractivity contribution in [2.24, 2.45) is 0 Å². The molecule has 1 aliphatic rings. The minimum Gasteiger partial charge on any atom is -0.461 e. The first-order valence-corrected chi connectivity index (χ1v) is 5.57. The zero-order chi connectivity index (χ0) is 11.5. The van der Waals surface area contributed by atoms with Crippen molar-refractivity contribution in [3.05, 3.63) is 17.2 Å². The molecule has 2 heterocycles. The Morgan fingerprint density at radius 2 is 2.50 bits per heavy atom. The van der Waals surface area contributed by atoms with Crippen molar-refractivity contribution in [1.29, 1.82) is 0 Å². The number of hydrogen-bond donors (Lipinski definition) is 1. The first-order chi connectivity index (χ1) is 7.72. The number of esters is 1. The molecule has 1 atom stereocenters. The van der Waals surface area contributed by atoms with Gasteiger partial charge in [-0.2, -0.15) is 0 Å². The van der Waals surface area contributed by atoms with Crippen LogP contribution in [0.2, 0.25) is 0 Å². The van der Waals surface area contributed by atoms with Gasteiger partial charge in [-0.3, -0.25) is 0 Å². The Bertz CT molecular complexity index is 381. The number of nitrogens with one attached hydrogen (secondary N) is 1. The van der Waals surface area contributed by atoms with Crippen molar-refractivity contribution in [3.63, 3.8) is 0 Å². The van der Waals surface area contributed by atoms with E-state index >= 15 is 0 Å². The van der Waals surface area contributed by atoms with Crippen molar-refractivity contribution in [2.75, 3.05) is 13.2 Å². The fourth-order valence-corrected chi connectivity index (χ4v) is 1.90. The molecule has 1 fully saturated rings. The molecule has 0 saturated carbocycles. The SMILES string of the molecule is CCOC(=O)c1nc(C)[nH]c1C1CCCO1. The molecule has 1 aliphatic heterocycles. The predicted molar refractivity (Wildman–Crippen MR) is 57.2 cm³/mol. The molecule has 16 heavy (non-hydrogen) atoms. The van der Waals surface area contributed by atoms with Crippen molar-refractivity contribution >= 4 is 5.97 Å². The van der Waals surface area contributed by atoms with E-state index in [-0.39, 0.29) is 12.1 Å². The van der Waals surface area contributed by atoms with Crippen LogP contribution in [0.25, 0.3) is 0 Å². The average Bonchev–Trinajstić information content (AvgIpc) is 2.85. The fourth-order valence-electron chi connectivity index (χ4n) is 1.90. The second kappa shape index (κ2) is 4.65. The van der Waals surface area contributed by atoms with Gasteiger partial charge in [-0.1, -0.05) is 0 Å². The predicted octanol–water partition coefficient (Wildman–Crippen LogP) is 1.75. The molecule has 1 N–H and O–H groups in total. The summed E-state index contributed by atoms with van der Waals surface area (Å²) in [5.41, 5.74) is 1.12. The summed E-state index contributed by atoms with van der Waals surface area (Å²) in [4.78, 5) is 18.9. The van der Waals surface area contributed by atoms with E-state index in [1.165, 1.54) is 0 Å². The highest BCUT2D eigenvalue weighted by Gasteiger charge is 2.27. The maximum atomic E-state index is 11.7. The second-order valence-electron chi connectivity index (χ2n) is 3.81. The van der Waals surface area contributed by atoms with Crippen molar-refractivity contribution < 1.29 is 14.3 Å². The van der Waals surface area contributed by atoms with Crippen LogP contribution in [0.15, 0.2) is 0 Å². The highest BCUT2D eigenvalue weighted by Crippen LogP contribution is 2.29. The van der Waals surface area contributed by atoms with Crippen molar-refractivity contribution in [2.45, 2.75) is 32.8 Å².